The Kier molecular flexibility index (Phi) is 2.34. The molecule has 18 heavy (non-hydrogen) atoms. The molecule has 4 heteroatoms. The van der Waals surface area contributed by atoms with Gasteiger partial charge in [0.15, 0.2) is 0 Å². The van der Waals surface area contributed by atoms with Gasteiger partial charge in [0.1, 0.15) is 0 Å². The van der Waals surface area contributed by atoms with Crippen molar-refractivity contribution in [3.05, 3.63) is 12.2 Å². The van der Waals surface area contributed by atoms with Crippen molar-refractivity contribution in [2.45, 2.75) is 13.3 Å². The molecule has 4 rings (SSSR count). The van der Waals surface area contributed by atoms with Gasteiger partial charge in [0.2, 0.25) is 0 Å². The van der Waals surface area contributed by atoms with Crippen molar-refractivity contribution < 1.29 is 19.1 Å². The predicted molar refractivity (Wildman–Crippen MR) is 63.3 cm³/mol. The molecular weight excluding hydrogens is 232 g/mol. The number of carbonyl (C=O) groups excluding carboxylic acids is 2. The Balaban J connectivity index is 2.01. The van der Waals surface area contributed by atoms with Crippen LogP contribution in [0.5, 0.6) is 0 Å². The van der Waals surface area contributed by atoms with Crippen LogP contribution in [0, 0.1) is 35.0 Å². The highest BCUT2D eigenvalue weighted by Gasteiger charge is 2.70. The maximum atomic E-state index is 12.0. The molecule has 4 aliphatic carbocycles. The van der Waals surface area contributed by atoms with Crippen LogP contribution in [0.15, 0.2) is 12.2 Å². The predicted octanol–water partition coefficient (Wildman–Crippen LogP) is 1.41. The molecule has 0 aromatic rings. The van der Waals surface area contributed by atoms with Crippen LogP contribution in [0.2, 0.25) is 0 Å². The summed E-state index contributed by atoms with van der Waals surface area (Å²) in [6.07, 6.45) is 5.30. The van der Waals surface area contributed by atoms with E-state index in [1.165, 1.54) is 14.2 Å². The summed E-state index contributed by atoms with van der Waals surface area (Å²) in [4.78, 5) is 24.0. The largest absolute Gasteiger partial charge is 0.469 e. The molecule has 4 aliphatic rings. The summed E-state index contributed by atoms with van der Waals surface area (Å²) < 4.78 is 9.78. The quantitative estimate of drug-likeness (QED) is 0.549. The minimum Gasteiger partial charge on any atom is -0.469 e. The van der Waals surface area contributed by atoms with Gasteiger partial charge in [0.05, 0.1) is 26.1 Å². The molecule has 0 aromatic heterocycles. The average molecular weight is 250 g/mol. The second-order valence-electron chi connectivity index (χ2n) is 5.90. The third-order valence-corrected chi connectivity index (χ3v) is 5.25. The number of fused-ring (bicyclic) bond motifs is 1. The highest BCUT2D eigenvalue weighted by Crippen LogP contribution is 2.71. The van der Waals surface area contributed by atoms with Crippen molar-refractivity contribution in [2.24, 2.45) is 35.0 Å². The highest BCUT2D eigenvalue weighted by atomic mass is 16.5. The molecular formula is C14H18O4. The second-order valence-corrected chi connectivity index (χ2v) is 5.90. The lowest BCUT2D eigenvalue weighted by molar-refractivity contribution is -0.166. The Labute approximate surface area is 106 Å². The minimum absolute atomic E-state index is 0.115. The van der Waals surface area contributed by atoms with Gasteiger partial charge in [-0.1, -0.05) is 19.1 Å². The van der Waals surface area contributed by atoms with E-state index < -0.39 is 0 Å². The summed E-state index contributed by atoms with van der Waals surface area (Å²) in [5.74, 6) is -0.521. The van der Waals surface area contributed by atoms with Gasteiger partial charge in [-0.05, 0) is 29.6 Å². The fourth-order valence-electron chi connectivity index (χ4n) is 4.21. The zero-order chi connectivity index (χ0) is 13.1. The van der Waals surface area contributed by atoms with Crippen molar-refractivity contribution in [3.8, 4) is 0 Å². The summed E-state index contributed by atoms with van der Waals surface area (Å²) in [6, 6.07) is 0. The van der Waals surface area contributed by atoms with Gasteiger partial charge in [0.25, 0.3) is 0 Å². The number of hydrogen-bond donors (Lipinski definition) is 0. The fraction of sp³-hybridized carbons (Fsp3) is 0.714. The molecule has 0 heterocycles. The van der Waals surface area contributed by atoms with E-state index in [9.17, 15) is 9.59 Å². The Morgan fingerprint density at radius 1 is 1.11 bits per heavy atom. The molecule has 0 amide bonds. The molecule has 6 atom stereocenters. The zero-order valence-corrected chi connectivity index (χ0v) is 10.9. The summed E-state index contributed by atoms with van der Waals surface area (Å²) in [5.41, 5.74) is 0.183. The maximum Gasteiger partial charge on any atom is 0.310 e. The number of methoxy groups -OCH3 is 2. The van der Waals surface area contributed by atoms with Crippen LogP contribution in [-0.2, 0) is 19.1 Å². The van der Waals surface area contributed by atoms with E-state index in [0.29, 0.717) is 5.92 Å². The molecule has 0 spiro atoms. The first-order chi connectivity index (χ1) is 8.54. The molecule has 0 aliphatic heterocycles. The molecule has 98 valence electrons. The summed E-state index contributed by atoms with van der Waals surface area (Å²) in [7, 11) is 2.77. The number of allylic oxidation sites excluding steroid dienone is 2. The number of ether oxygens (including phenoxy) is 2. The molecule has 2 saturated carbocycles. The van der Waals surface area contributed by atoms with E-state index in [1.54, 1.807) is 0 Å². The van der Waals surface area contributed by atoms with Crippen molar-refractivity contribution in [3.63, 3.8) is 0 Å². The van der Waals surface area contributed by atoms with Crippen molar-refractivity contribution in [1.82, 2.24) is 0 Å². The van der Waals surface area contributed by atoms with Crippen molar-refractivity contribution in [1.29, 1.82) is 0 Å². The molecule has 0 radical (unpaired) electrons. The SMILES string of the molecule is COC(=O)C1C2C=CC(C1C(=O)OC)C1(C)CC21. The van der Waals surface area contributed by atoms with Crippen LogP contribution < -0.4 is 0 Å². The number of hydrogen-bond acceptors (Lipinski definition) is 4. The van der Waals surface area contributed by atoms with E-state index in [2.05, 4.69) is 19.1 Å². The topological polar surface area (TPSA) is 52.6 Å². The minimum atomic E-state index is -0.374. The van der Waals surface area contributed by atoms with E-state index in [1.807, 2.05) is 0 Å². The monoisotopic (exact) mass is 250 g/mol. The van der Waals surface area contributed by atoms with Crippen LogP contribution in [0.25, 0.3) is 0 Å². The van der Waals surface area contributed by atoms with Crippen LogP contribution in [-0.4, -0.2) is 26.2 Å². The standard InChI is InChI=1S/C14H18O4/c1-14-6-9(14)7-4-5-8(14)11(13(16)18-3)10(7)12(15)17-2/h4-5,7-11H,6H2,1-3H3. The van der Waals surface area contributed by atoms with Gasteiger partial charge in [-0.3, -0.25) is 9.59 Å². The van der Waals surface area contributed by atoms with E-state index in [0.717, 1.165) is 6.42 Å². The molecule has 0 N–H and O–H groups in total. The van der Waals surface area contributed by atoms with Gasteiger partial charge in [-0.25, -0.2) is 0 Å². The summed E-state index contributed by atoms with van der Waals surface area (Å²) in [5, 5.41) is 0. The maximum absolute atomic E-state index is 12.0. The van der Waals surface area contributed by atoms with E-state index in [-0.39, 0.29) is 41.0 Å². The second kappa shape index (κ2) is 3.59. The van der Waals surface area contributed by atoms with Gasteiger partial charge >= 0.3 is 11.9 Å². The van der Waals surface area contributed by atoms with Crippen LogP contribution in [0.4, 0.5) is 0 Å². The average Bonchev–Trinajstić information content (AvgIpc) is 3.11. The Bertz CT molecular complexity index is 441. The first kappa shape index (κ1) is 11.8. The first-order valence-electron chi connectivity index (χ1n) is 6.38. The molecule has 2 fully saturated rings. The number of carbonyl (C=O) groups is 2. The van der Waals surface area contributed by atoms with Gasteiger partial charge in [-0.2, -0.15) is 0 Å². The lowest BCUT2D eigenvalue weighted by Crippen LogP contribution is -2.49. The Morgan fingerprint density at radius 3 is 2.33 bits per heavy atom. The normalized spacial score (nSPS) is 47.4. The van der Waals surface area contributed by atoms with Crippen LogP contribution >= 0.6 is 0 Å². The van der Waals surface area contributed by atoms with E-state index >= 15 is 0 Å². The fourth-order valence-corrected chi connectivity index (χ4v) is 4.21. The van der Waals surface area contributed by atoms with E-state index in [4.69, 9.17) is 9.47 Å². The molecule has 4 nitrogen and oxygen atoms in total. The summed E-state index contributed by atoms with van der Waals surface area (Å²) in [6.45, 7) is 2.21. The van der Waals surface area contributed by atoms with Crippen molar-refractivity contribution in [2.75, 3.05) is 14.2 Å². The third kappa shape index (κ3) is 1.26. The third-order valence-electron chi connectivity index (χ3n) is 5.25. The number of esters is 2. The highest BCUT2D eigenvalue weighted by molar-refractivity contribution is 5.84. The lowest BCUT2D eigenvalue weighted by atomic mass is 9.58. The van der Waals surface area contributed by atoms with Crippen molar-refractivity contribution >= 4 is 11.9 Å². The first-order valence-corrected chi connectivity index (χ1v) is 6.38. The lowest BCUT2D eigenvalue weighted by Gasteiger charge is -2.45. The van der Waals surface area contributed by atoms with Crippen LogP contribution in [0.1, 0.15) is 13.3 Å². The van der Waals surface area contributed by atoms with Crippen LogP contribution in [0.3, 0.4) is 0 Å². The molecule has 0 saturated heterocycles. The number of rotatable bonds is 2. The zero-order valence-electron chi connectivity index (χ0n) is 10.9. The molecule has 2 bridgehead atoms. The van der Waals surface area contributed by atoms with Gasteiger partial charge in [-0.15, -0.1) is 0 Å². The van der Waals surface area contributed by atoms with Gasteiger partial charge < -0.3 is 9.47 Å². The Hall–Kier alpha value is -1.32. The molecule has 6 unspecified atom stereocenters. The summed E-state index contributed by atoms with van der Waals surface area (Å²) >= 11 is 0. The Morgan fingerprint density at radius 2 is 1.72 bits per heavy atom. The molecule has 0 aromatic carbocycles. The van der Waals surface area contributed by atoms with Gasteiger partial charge in [0, 0.05) is 0 Å². The smallest absolute Gasteiger partial charge is 0.310 e.